The van der Waals surface area contributed by atoms with Crippen LogP contribution in [0.3, 0.4) is 0 Å². The van der Waals surface area contributed by atoms with E-state index in [0.717, 1.165) is 23.1 Å². The van der Waals surface area contributed by atoms with Gasteiger partial charge < -0.3 is 5.32 Å². The highest BCUT2D eigenvalue weighted by Gasteiger charge is 2.37. The first kappa shape index (κ1) is 22.2. The van der Waals surface area contributed by atoms with Crippen molar-refractivity contribution in [1.29, 1.82) is 0 Å². The van der Waals surface area contributed by atoms with E-state index in [1.165, 1.54) is 11.3 Å². The first-order valence-corrected chi connectivity index (χ1v) is 8.19. The Morgan fingerprint density at radius 3 is 2.32 bits per heavy atom. The Morgan fingerprint density at radius 1 is 1.08 bits per heavy atom. The Kier molecular flexibility index (Phi) is 8.15. The van der Waals surface area contributed by atoms with Gasteiger partial charge in [0.1, 0.15) is 5.82 Å². The van der Waals surface area contributed by atoms with Gasteiger partial charge in [-0.05, 0) is 35.2 Å². The summed E-state index contributed by atoms with van der Waals surface area (Å²) < 4.78 is 53.9. The van der Waals surface area contributed by atoms with E-state index in [2.05, 4.69) is 5.32 Å². The van der Waals surface area contributed by atoms with Gasteiger partial charge in [0.15, 0.2) is 0 Å². The van der Waals surface area contributed by atoms with E-state index in [9.17, 15) is 17.6 Å². The molecule has 0 radical (unpaired) electrons. The molecule has 2 heterocycles. The minimum absolute atomic E-state index is 0. The maximum atomic E-state index is 13.7. The molecular weight excluding hydrogens is 399 g/mol. The molecule has 0 aliphatic carbocycles. The Hall–Kier alpha value is -0.860. The van der Waals surface area contributed by atoms with Crippen molar-refractivity contribution < 1.29 is 17.6 Å². The van der Waals surface area contributed by atoms with Crippen molar-refractivity contribution in [3.05, 3.63) is 57.5 Å². The molecule has 1 aliphatic rings. The average Bonchev–Trinajstić information content (AvgIpc) is 3.01. The van der Waals surface area contributed by atoms with Crippen LogP contribution in [0.1, 0.15) is 22.0 Å². The summed E-state index contributed by atoms with van der Waals surface area (Å²) in [6.45, 7) is 2.66. The molecule has 1 N–H and O–H groups in total. The van der Waals surface area contributed by atoms with Crippen molar-refractivity contribution in [3.63, 3.8) is 0 Å². The molecule has 0 unspecified atom stereocenters. The summed E-state index contributed by atoms with van der Waals surface area (Å²) in [7, 11) is 0. The highest BCUT2D eigenvalue weighted by Crippen LogP contribution is 2.40. The first-order valence-electron chi connectivity index (χ1n) is 7.31. The number of piperazine rings is 1. The minimum atomic E-state index is -4.51. The molecule has 2 aromatic rings. The molecule has 2 nitrogen and oxygen atoms in total. The van der Waals surface area contributed by atoms with Crippen LogP contribution < -0.4 is 5.32 Å². The van der Waals surface area contributed by atoms with Gasteiger partial charge in [-0.15, -0.1) is 36.2 Å². The van der Waals surface area contributed by atoms with Crippen LogP contribution in [-0.4, -0.2) is 31.1 Å². The molecule has 0 amide bonds. The molecule has 0 bridgehead atoms. The Labute approximate surface area is 160 Å². The molecule has 0 saturated carbocycles. The SMILES string of the molecule is Cl.Cl.Fc1ccc(C(F)(F)F)c([C@H](c2cccs2)N2CCNCC2)c1. The van der Waals surface area contributed by atoms with E-state index in [1.54, 1.807) is 0 Å². The van der Waals surface area contributed by atoms with Crippen LogP contribution in [0.2, 0.25) is 0 Å². The van der Waals surface area contributed by atoms with E-state index < -0.39 is 23.6 Å². The molecule has 9 heteroatoms. The fourth-order valence-corrected chi connectivity index (χ4v) is 3.81. The second-order valence-electron chi connectivity index (χ2n) is 5.43. The summed E-state index contributed by atoms with van der Waals surface area (Å²) in [6.07, 6.45) is -4.51. The maximum Gasteiger partial charge on any atom is 0.416 e. The van der Waals surface area contributed by atoms with Gasteiger partial charge >= 0.3 is 6.18 Å². The topological polar surface area (TPSA) is 15.3 Å². The second kappa shape index (κ2) is 9.19. The lowest BCUT2D eigenvalue weighted by atomic mass is 9.96. The summed E-state index contributed by atoms with van der Waals surface area (Å²) in [4.78, 5) is 2.77. The maximum absolute atomic E-state index is 13.7. The third-order valence-corrected chi connectivity index (χ3v) is 4.87. The van der Waals surface area contributed by atoms with E-state index in [1.807, 2.05) is 22.4 Å². The van der Waals surface area contributed by atoms with Crippen LogP contribution in [0.4, 0.5) is 17.6 Å². The molecule has 0 spiro atoms. The van der Waals surface area contributed by atoms with Gasteiger partial charge in [-0.25, -0.2) is 4.39 Å². The predicted octanol–water partition coefficient (Wildman–Crippen LogP) is 4.74. The monoisotopic (exact) mass is 416 g/mol. The molecular formula is C16H18Cl2F4N2S. The van der Waals surface area contributed by atoms with E-state index in [0.29, 0.717) is 26.2 Å². The molecule has 1 atom stereocenters. The molecule has 1 aliphatic heterocycles. The first-order chi connectivity index (χ1) is 11.0. The third kappa shape index (κ3) is 5.08. The normalized spacial score (nSPS) is 16.6. The highest BCUT2D eigenvalue weighted by atomic mass is 35.5. The van der Waals surface area contributed by atoms with Crippen molar-refractivity contribution in [2.45, 2.75) is 12.2 Å². The number of halogens is 6. The molecule has 1 aromatic carbocycles. The number of thiophene rings is 1. The van der Waals surface area contributed by atoms with Gasteiger partial charge in [-0.1, -0.05) is 6.07 Å². The summed E-state index contributed by atoms with van der Waals surface area (Å²) in [6, 6.07) is 5.77. The zero-order valence-corrected chi connectivity index (χ0v) is 15.5. The van der Waals surface area contributed by atoms with Crippen LogP contribution in [0.25, 0.3) is 0 Å². The Morgan fingerprint density at radius 2 is 1.76 bits per heavy atom. The van der Waals surface area contributed by atoms with Gasteiger partial charge in [0.05, 0.1) is 11.6 Å². The van der Waals surface area contributed by atoms with Gasteiger partial charge in [0.25, 0.3) is 0 Å². The Bertz CT molecular complexity index is 659. The largest absolute Gasteiger partial charge is 0.416 e. The van der Waals surface area contributed by atoms with Gasteiger partial charge in [0, 0.05) is 31.1 Å². The van der Waals surface area contributed by atoms with Gasteiger partial charge in [-0.3, -0.25) is 4.90 Å². The summed E-state index contributed by atoms with van der Waals surface area (Å²) in [5.74, 6) is -0.648. The molecule has 3 rings (SSSR count). The van der Waals surface area contributed by atoms with Crippen molar-refractivity contribution >= 4 is 36.2 Å². The number of alkyl halides is 3. The zero-order chi connectivity index (χ0) is 16.4. The van der Waals surface area contributed by atoms with Crippen molar-refractivity contribution in [3.8, 4) is 0 Å². The lowest BCUT2D eigenvalue weighted by Gasteiger charge is -2.35. The van der Waals surface area contributed by atoms with Crippen molar-refractivity contribution in [2.75, 3.05) is 26.2 Å². The second-order valence-corrected chi connectivity index (χ2v) is 6.41. The van der Waals surface area contributed by atoms with Crippen molar-refractivity contribution in [1.82, 2.24) is 10.2 Å². The number of rotatable bonds is 3. The van der Waals surface area contributed by atoms with Crippen molar-refractivity contribution in [2.24, 2.45) is 0 Å². The van der Waals surface area contributed by atoms with Crippen LogP contribution in [0.15, 0.2) is 35.7 Å². The molecule has 140 valence electrons. The lowest BCUT2D eigenvalue weighted by molar-refractivity contribution is -0.138. The van der Waals surface area contributed by atoms with Crippen LogP contribution >= 0.6 is 36.2 Å². The predicted molar refractivity (Wildman–Crippen MR) is 96.5 cm³/mol. The van der Waals surface area contributed by atoms with E-state index in [-0.39, 0.29) is 30.4 Å². The summed E-state index contributed by atoms with van der Waals surface area (Å²) in [5, 5.41) is 5.02. The summed E-state index contributed by atoms with van der Waals surface area (Å²) >= 11 is 1.39. The van der Waals surface area contributed by atoms with E-state index in [4.69, 9.17) is 0 Å². The molecule has 1 saturated heterocycles. The number of nitrogens with zero attached hydrogens (tertiary/aromatic N) is 1. The fraction of sp³-hybridized carbons (Fsp3) is 0.375. The van der Waals surface area contributed by atoms with E-state index >= 15 is 0 Å². The highest BCUT2D eigenvalue weighted by molar-refractivity contribution is 7.10. The summed E-state index contributed by atoms with van der Waals surface area (Å²) in [5.41, 5.74) is -0.780. The Balaban J connectivity index is 0.00000156. The van der Waals surface area contributed by atoms with Gasteiger partial charge in [0.2, 0.25) is 0 Å². The lowest BCUT2D eigenvalue weighted by Crippen LogP contribution is -2.45. The molecule has 25 heavy (non-hydrogen) atoms. The van der Waals surface area contributed by atoms with Crippen LogP contribution in [0, 0.1) is 5.82 Å². The average molecular weight is 417 g/mol. The minimum Gasteiger partial charge on any atom is -0.314 e. The smallest absolute Gasteiger partial charge is 0.314 e. The quantitative estimate of drug-likeness (QED) is 0.726. The standard InChI is InChI=1S/C16H16F4N2S.2ClH/c17-11-3-4-13(16(18,19)20)12(10-11)15(14-2-1-9-23-14)22-7-5-21-6-8-22;;/h1-4,9-10,15,21H,5-8H2;2*1H/t15-;;/m1../s1. The molecule has 1 aromatic heterocycles. The number of nitrogens with one attached hydrogen (secondary N) is 1. The van der Waals surface area contributed by atoms with Gasteiger partial charge in [-0.2, -0.15) is 13.2 Å². The number of benzene rings is 1. The van der Waals surface area contributed by atoms with Crippen LogP contribution in [-0.2, 0) is 6.18 Å². The fourth-order valence-electron chi connectivity index (χ4n) is 2.94. The zero-order valence-electron chi connectivity index (χ0n) is 13.1. The third-order valence-electron chi connectivity index (χ3n) is 3.94. The number of hydrogen-bond donors (Lipinski definition) is 1. The van der Waals surface area contributed by atoms with Crippen LogP contribution in [0.5, 0.6) is 0 Å². The number of hydrogen-bond acceptors (Lipinski definition) is 3. The molecule has 1 fully saturated rings.